The van der Waals surface area contributed by atoms with Crippen molar-refractivity contribution in [2.24, 2.45) is 7.05 Å². The molecular formula is C19H26N6O. The number of aliphatic hydroxyl groups is 1. The smallest absolute Gasteiger partial charge is 0.182 e. The second-order valence-corrected chi connectivity index (χ2v) is 7.37. The highest BCUT2D eigenvalue weighted by Gasteiger charge is 2.16. The number of nitrogens with zero attached hydrogens (tertiary/aromatic N) is 5. The van der Waals surface area contributed by atoms with Crippen LogP contribution in [0, 0.1) is 0 Å². The monoisotopic (exact) mass is 354 g/mol. The average Bonchev–Trinajstić information content (AvgIpc) is 2.96. The van der Waals surface area contributed by atoms with Crippen molar-refractivity contribution in [1.29, 1.82) is 0 Å². The van der Waals surface area contributed by atoms with Crippen LogP contribution in [-0.4, -0.2) is 41.5 Å². The quantitative estimate of drug-likeness (QED) is 0.677. The van der Waals surface area contributed by atoms with E-state index in [4.69, 9.17) is 4.98 Å². The van der Waals surface area contributed by atoms with E-state index in [0.29, 0.717) is 5.82 Å². The largest absolute Gasteiger partial charge is 0.390 e. The molecule has 3 aromatic heterocycles. The van der Waals surface area contributed by atoms with E-state index in [0.717, 1.165) is 41.8 Å². The van der Waals surface area contributed by atoms with Gasteiger partial charge in [-0.1, -0.05) is 6.07 Å². The van der Waals surface area contributed by atoms with Gasteiger partial charge in [-0.05, 0) is 52.2 Å². The number of aryl methyl sites for hydroxylation is 1. The van der Waals surface area contributed by atoms with E-state index in [2.05, 4.69) is 27.3 Å². The molecule has 138 valence electrons. The summed E-state index contributed by atoms with van der Waals surface area (Å²) in [4.78, 5) is 13.7. The standard InChI is InChI=1S/C19H26N6O/c1-13(8-7-10-19(2,3)26)22-16-14-12-21-25(4)18(14)24-17(23-16)15-9-5-6-11-20-15/h5-6,9,11-13,26H,7-8,10H2,1-4H3,(H,22,23,24). The summed E-state index contributed by atoms with van der Waals surface area (Å²) in [5.41, 5.74) is 0.873. The van der Waals surface area contributed by atoms with E-state index in [1.54, 1.807) is 17.1 Å². The van der Waals surface area contributed by atoms with Crippen LogP contribution in [0.25, 0.3) is 22.6 Å². The average molecular weight is 354 g/mol. The first kappa shape index (κ1) is 18.3. The Morgan fingerprint density at radius 1 is 1.27 bits per heavy atom. The molecule has 0 saturated carbocycles. The molecule has 7 nitrogen and oxygen atoms in total. The van der Waals surface area contributed by atoms with Gasteiger partial charge in [-0.15, -0.1) is 0 Å². The number of hydrogen-bond donors (Lipinski definition) is 2. The third-order valence-corrected chi connectivity index (χ3v) is 4.29. The van der Waals surface area contributed by atoms with Gasteiger partial charge in [0.15, 0.2) is 11.5 Å². The highest BCUT2D eigenvalue weighted by Crippen LogP contribution is 2.25. The first-order chi connectivity index (χ1) is 12.3. The fourth-order valence-corrected chi connectivity index (χ4v) is 2.89. The van der Waals surface area contributed by atoms with E-state index in [1.807, 2.05) is 39.1 Å². The predicted octanol–water partition coefficient (Wildman–Crippen LogP) is 3.17. The Hall–Kier alpha value is -2.54. The Labute approximate surface area is 153 Å². The Morgan fingerprint density at radius 2 is 2.08 bits per heavy atom. The second-order valence-electron chi connectivity index (χ2n) is 7.37. The summed E-state index contributed by atoms with van der Waals surface area (Å²) in [5, 5.41) is 18.6. The molecule has 2 N–H and O–H groups in total. The van der Waals surface area contributed by atoms with Crippen molar-refractivity contribution < 1.29 is 5.11 Å². The molecule has 0 radical (unpaired) electrons. The summed E-state index contributed by atoms with van der Waals surface area (Å²) < 4.78 is 1.74. The van der Waals surface area contributed by atoms with Crippen molar-refractivity contribution in [2.45, 2.75) is 51.7 Å². The van der Waals surface area contributed by atoms with Gasteiger partial charge >= 0.3 is 0 Å². The number of aromatic nitrogens is 5. The molecule has 0 bridgehead atoms. The number of fused-ring (bicyclic) bond motifs is 1. The lowest BCUT2D eigenvalue weighted by Gasteiger charge is -2.19. The van der Waals surface area contributed by atoms with Crippen LogP contribution < -0.4 is 5.32 Å². The summed E-state index contributed by atoms with van der Waals surface area (Å²) in [7, 11) is 1.87. The predicted molar refractivity (Wildman–Crippen MR) is 103 cm³/mol. The van der Waals surface area contributed by atoms with Gasteiger partial charge in [-0.3, -0.25) is 9.67 Å². The van der Waals surface area contributed by atoms with Crippen molar-refractivity contribution in [3.63, 3.8) is 0 Å². The lowest BCUT2D eigenvalue weighted by Crippen LogP contribution is -2.21. The molecule has 0 fully saturated rings. The van der Waals surface area contributed by atoms with Crippen molar-refractivity contribution in [2.75, 3.05) is 5.32 Å². The maximum Gasteiger partial charge on any atom is 0.182 e. The van der Waals surface area contributed by atoms with E-state index < -0.39 is 5.60 Å². The summed E-state index contributed by atoms with van der Waals surface area (Å²) in [6.45, 7) is 5.80. The third-order valence-electron chi connectivity index (χ3n) is 4.29. The molecule has 3 rings (SSSR count). The third kappa shape index (κ3) is 4.35. The molecule has 0 aliphatic rings. The fourth-order valence-electron chi connectivity index (χ4n) is 2.89. The number of hydrogen-bond acceptors (Lipinski definition) is 6. The topological polar surface area (TPSA) is 88.8 Å². The molecule has 3 aromatic rings. The van der Waals surface area contributed by atoms with Crippen molar-refractivity contribution in [1.82, 2.24) is 24.7 Å². The Bertz CT molecular complexity index is 869. The van der Waals surface area contributed by atoms with Crippen LogP contribution in [0.3, 0.4) is 0 Å². The Balaban J connectivity index is 1.85. The van der Waals surface area contributed by atoms with Gasteiger partial charge in [0.05, 0.1) is 17.2 Å². The van der Waals surface area contributed by atoms with Gasteiger partial charge < -0.3 is 10.4 Å². The van der Waals surface area contributed by atoms with Gasteiger partial charge in [0.25, 0.3) is 0 Å². The summed E-state index contributed by atoms with van der Waals surface area (Å²) in [6, 6.07) is 5.91. The molecule has 0 saturated heterocycles. The van der Waals surface area contributed by atoms with Crippen LogP contribution in [-0.2, 0) is 7.05 Å². The summed E-state index contributed by atoms with van der Waals surface area (Å²) in [6.07, 6.45) is 6.16. The first-order valence-corrected chi connectivity index (χ1v) is 8.93. The molecule has 0 amide bonds. The van der Waals surface area contributed by atoms with Crippen LogP contribution in [0.15, 0.2) is 30.6 Å². The molecular weight excluding hydrogens is 328 g/mol. The number of anilines is 1. The SMILES string of the molecule is CC(CCCC(C)(C)O)Nc1nc(-c2ccccn2)nc2c1cnn2C. The fraction of sp³-hybridized carbons (Fsp3) is 0.474. The van der Waals surface area contributed by atoms with Crippen LogP contribution in [0.4, 0.5) is 5.82 Å². The molecule has 1 unspecified atom stereocenters. The molecule has 7 heteroatoms. The second kappa shape index (κ2) is 7.37. The van der Waals surface area contributed by atoms with Crippen LogP contribution in [0.1, 0.15) is 40.0 Å². The summed E-state index contributed by atoms with van der Waals surface area (Å²) >= 11 is 0. The molecule has 0 aromatic carbocycles. The first-order valence-electron chi connectivity index (χ1n) is 8.93. The normalized spacial score (nSPS) is 13.1. The Morgan fingerprint density at radius 3 is 2.77 bits per heavy atom. The molecule has 26 heavy (non-hydrogen) atoms. The molecule has 1 atom stereocenters. The zero-order valence-corrected chi connectivity index (χ0v) is 15.8. The lowest BCUT2D eigenvalue weighted by molar-refractivity contribution is 0.0680. The van der Waals surface area contributed by atoms with E-state index in [-0.39, 0.29) is 6.04 Å². The zero-order chi connectivity index (χ0) is 18.7. The van der Waals surface area contributed by atoms with E-state index >= 15 is 0 Å². The van der Waals surface area contributed by atoms with Gasteiger partial charge in [-0.2, -0.15) is 5.10 Å². The number of nitrogens with one attached hydrogen (secondary N) is 1. The molecule has 3 heterocycles. The van der Waals surface area contributed by atoms with E-state index in [1.165, 1.54) is 0 Å². The minimum atomic E-state index is -0.628. The minimum absolute atomic E-state index is 0.215. The van der Waals surface area contributed by atoms with Crippen LogP contribution in [0.5, 0.6) is 0 Å². The number of rotatable bonds is 7. The van der Waals surface area contributed by atoms with Gasteiger partial charge in [0, 0.05) is 19.3 Å². The molecule has 0 spiro atoms. The van der Waals surface area contributed by atoms with E-state index in [9.17, 15) is 5.11 Å². The maximum atomic E-state index is 9.87. The van der Waals surface area contributed by atoms with Crippen molar-refractivity contribution in [3.8, 4) is 11.5 Å². The van der Waals surface area contributed by atoms with Crippen LogP contribution >= 0.6 is 0 Å². The van der Waals surface area contributed by atoms with Crippen molar-refractivity contribution in [3.05, 3.63) is 30.6 Å². The summed E-state index contributed by atoms with van der Waals surface area (Å²) in [5.74, 6) is 1.34. The van der Waals surface area contributed by atoms with Gasteiger partial charge in [0.2, 0.25) is 0 Å². The molecule has 0 aliphatic heterocycles. The lowest BCUT2D eigenvalue weighted by atomic mass is 10.00. The Kier molecular flexibility index (Phi) is 5.18. The number of pyridine rings is 1. The molecule has 0 aliphatic carbocycles. The zero-order valence-electron chi connectivity index (χ0n) is 15.8. The minimum Gasteiger partial charge on any atom is -0.390 e. The van der Waals surface area contributed by atoms with Gasteiger partial charge in [0.1, 0.15) is 11.5 Å². The van der Waals surface area contributed by atoms with Crippen LogP contribution in [0.2, 0.25) is 0 Å². The van der Waals surface area contributed by atoms with Gasteiger partial charge in [-0.25, -0.2) is 9.97 Å². The van der Waals surface area contributed by atoms with Crippen molar-refractivity contribution >= 4 is 16.9 Å². The highest BCUT2D eigenvalue weighted by molar-refractivity contribution is 5.88. The maximum absolute atomic E-state index is 9.87. The highest BCUT2D eigenvalue weighted by atomic mass is 16.3.